The van der Waals surface area contributed by atoms with Gasteiger partial charge in [0.05, 0.1) is 10.2 Å². The van der Waals surface area contributed by atoms with Gasteiger partial charge in [-0.1, -0.05) is 11.3 Å². The summed E-state index contributed by atoms with van der Waals surface area (Å²) in [6, 6.07) is 12.2. The third kappa shape index (κ3) is 3.55. The quantitative estimate of drug-likeness (QED) is 0.664. The summed E-state index contributed by atoms with van der Waals surface area (Å²) in [7, 11) is 0. The molecule has 136 valence electrons. The fraction of sp³-hybridized carbons (Fsp3) is 0.300. The van der Waals surface area contributed by atoms with Gasteiger partial charge < -0.3 is 9.47 Å². The Labute approximate surface area is 156 Å². The van der Waals surface area contributed by atoms with Crippen LogP contribution in [0.1, 0.15) is 31.1 Å². The summed E-state index contributed by atoms with van der Waals surface area (Å²) in [5.74, 6) is -0.572. The third-order valence-corrected chi connectivity index (χ3v) is 5.44. The minimum Gasteiger partial charge on any atom is -0.372 e. The van der Waals surface area contributed by atoms with E-state index in [2.05, 4.69) is 23.7 Å². The molecule has 6 heteroatoms. The van der Waals surface area contributed by atoms with Crippen molar-refractivity contribution >= 4 is 33.1 Å². The van der Waals surface area contributed by atoms with E-state index in [9.17, 15) is 9.18 Å². The average Bonchev–Trinajstić information content (AvgIpc) is 2.99. The normalized spacial score (nSPS) is 11.9. The lowest BCUT2D eigenvalue weighted by molar-refractivity contribution is 0.0998. The molecule has 0 bridgehead atoms. The van der Waals surface area contributed by atoms with Crippen molar-refractivity contribution < 1.29 is 9.18 Å². The maximum atomic E-state index is 13.5. The van der Waals surface area contributed by atoms with Gasteiger partial charge in [0.1, 0.15) is 5.82 Å². The lowest BCUT2D eigenvalue weighted by Gasteiger charge is -2.20. The van der Waals surface area contributed by atoms with Gasteiger partial charge in [0.2, 0.25) is 0 Å². The first-order chi connectivity index (χ1) is 12.6. The number of aryl methyl sites for hydroxylation is 1. The van der Waals surface area contributed by atoms with E-state index in [-0.39, 0.29) is 11.7 Å². The molecule has 0 atom stereocenters. The Morgan fingerprint density at radius 1 is 1.12 bits per heavy atom. The Morgan fingerprint density at radius 2 is 1.81 bits per heavy atom. The molecule has 0 fully saturated rings. The van der Waals surface area contributed by atoms with E-state index < -0.39 is 0 Å². The first kappa shape index (κ1) is 18.3. The lowest BCUT2D eigenvalue weighted by Crippen LogP contribution is -2.21. The second-order valence-electron chi connectivity index (χ2n) is 5.88. The van der Waals surface area contributed by atoms with Gasteiger partial charge in [-0.05, 0) is 63.2 Å². The average molecular weight is 371 g/mol. The van der Waals surface area contributed by atoms with E-state index >= 15 is 0 Å². The largest absolute Gasteiger partial charge is 0.372 e. The summed E-state index contributed by atoms with van der Waals surface area (Å²) < 4.78 is 16.2. The van der Waals surface area contributed by atoms with Crippen molar-refractivity contribution in [2.45, 2.75) is 27.3 Å². The van der Waals surface area contributed by atoms with Crippen LogP contribution >= 0.6 is 11.3 Å². The van der Waals surface area contributed by atoms with Crippen molar-refractivity contribution in [1.82, 2.24) is 4.57 Å². The fourth-order valence-electron chi connectivity index (χ4n) is 2.99. The number of aromatic nitrogens is 1. The molecule has 1 heterocycles. The molecule has 3 aromatic rings. The maximum Gasteiger partial charge on any atom is 0.279 e. The number of hydrogen-bond donors (Lipinski definition) is 0. The van der Waals surface area contributed by atoms with Gasteiger partial charge >= 0.3 is 0 Å². The zero-order valence-corrected chi connectivity index (χ0v) is 16.0. The highest BCUT2D eigenvalue weighted by Gasteiger charge is 2.10. The molecule has 0 saturated carbocycles. The van der Waals surface area contributed by atoms with Crippen LogP contribution in [0, 0.1) is 5.82 Å². The Morgan fingerprint density at radius 3 is 2.42 bits per heavy atom. The predicted molar refractivity (Wildman–Crippen MR) is 105 cm³/mol. The van der Waals surface area contributed by atoms with Crippen molar-refractivity contribution in [3.63, 3.8) is 0 Å². The van der Waals surface area contributed by atoms with Gasteiger partial charge in [-0.2, -0.15) is 4.99 Å². The van der Waals surface area contributed by atoms with Crippen LogP contribution in [-0.4, -0.2) is 23.6 Å². The monoisotopic (exact) mass is 371 g/mol. The van der Waals surface area contributed by atoms with Gasteiger partial charge in [0, 0.05) is 30.9 Å². The van der Waals surface area contributed by atoms with Crippen LogP contribution < -0.4 is 9.70 Å². The predicted octanol–water partition coefficient (Wildman–Crippen LogP) is 4.45. The van der Waals surface area contributed by atoms with Crippen molar-refractivity contribution in [1.29, 1.82) is 0 Å². The van der Waals surface area contributed by atoms with E-state index in [1.54, 1.807) is 6.07 Å². The lowest BCUT2D eigenvalue weighted by atomic mass is 10.2. The van der Waals surface area contributed by atoms with Gasteiger partial charge in [-0.15, -0.1) is 0 Å². The molecule has 3 rings (SSSR count). The summed E-state index contributed by atoms with van der Waals surface area (Å²) in [5, 5.41) is 0. The van der Waals surface area contributed by atoms with E-state index in [1.165, 1.54) is 23.5 Å². The van der Waals surface area contributed by atoms with Gasteiger partial charge in [-0.3, -0.25) is 4.79 Å². The Hall–Kier alpha value is -2.47. The molecule has 1 aromatic heterocycles. The highest BCUT2D eigenvalue weighted by atomic mass is 32.1. The zero-order chi connectivity index (χ0) is 18.7. The molecule has 0 aliphatic heterocycles. The number of anilines is 1. The molecule has 0 N–H and O–H groups in total. The number of amides is 1. The molecule has 4 nitrogen and oxygen atoms in total. The second-order valence-corrected chi connectivity index (χ2v) is 6.89. The standard InChI is InChI=1S/C20H22FN3OS/c1-4-23(5-2)16-10-7-14(8-11-16)19(25)22-20-24(6-3)17-12-9-15(21)13-18(17)26-20/h7-13H,4-6H2,1-3H3. The van der Waals surface area contributed by atoms with Crippen LogP contribution in [0.5, 0.6) is 0 Å². The van der Waals surface area contributed by atoms with Gasteiger partial charge in [0.15, 0.2) is 4.80 Å². The molecule has 0 aliphatic carbocycles. The topological polar surface area (TPSA) is 37.6 Å². The zero-order valence-electron chi connectivity index (χ0n) is 15.2. The van der Waals surface area contributed by atoms with E-state index in [0.29, 0.717) is 16.9 Å². The van der Waals surface area contributed by atoms with Crippen LogP contribution in [-0.2, 0) is 6.54 Å². The van der Waals surface area contributed by atoms with Crippen LogP contribution in [0.4, 0.5) is 10.1 Å². The third-order valence-electron chi connectivity index (χ3n) is 4.40. The van der Waals surface area contributed by atoms with Crippen LogP contribution in [0.2, 0.25) is 0 Å². The highest BCUT2D eigenvalue weighted by molar-refractivity contribution is 7.16. The number of benzene rings is 2. The molecular weight excluding hydrogens is 349 g/mol. The summed E-state index contributed by atoms with van der Waals surface area (Å²) >= 11 is 1.33. The van der Waals surface area contributed by atoms with Crippen LogP contribution in [0.25, 0.3) is 10.2 Å². The number of carbonyl (C=O) groups is 1. The first-order valence-electron chi connectivity index (χ1n) is 8.80. The molecular formula is C20H22FN3OS. The Balaban J connectivity index is 1.97. The molecule has 0 unspecified atom stereocenters. The van der Waals surface area contributed by atoms with Gasteiger partial charge in [-0.25, -0.2) is 4.39 Å². The minimum atomic E-state index is -0.287. The molecule has 0 aliphatic rings. The molecule has 0 saturated heterocycles. The number of carbonyl (C=O) groups excluding carboxylic acids is 1. The summed E-state index contributed by atoms with van der Waals surface area (Å²) in [6.07, 6.45) is 0. The maximum absolute atomic E-state index is 13.5. The van der Waals surface area contributed by atoms with E-state index in [1.807, 2.05) is 35.8 Å². The van der Waals surface area contributed by atoms with Crippen molar-refractivity contribution in [3.05, 3.63) is 58.6 Å². The summed E-state index contributed by atoms with van der Waals surface area (Å²) in [4.78, 5) is 19.7. The van der Waals surface area contributed by atoms with Gasteiger partial charge in [0.25, 0.3) is 5.91 Å². The molecule has 2 aromatic carbocycles. The number of halogens is 1. The Kier molecular flexibility index (Phi) is 5.52. The van der Waals surface area contributed by atoms with Crippen LogP contribution in [0.3, 0.4) is 0 Å². The summed E-state index contributed by atoms with van der Waals surface area (Å²) in [6.45, 7) is 8.69. The van der Waals surface area contributed by atoms with Crippen molar-refractivity contribution in [2.24, 2.45) is 4.99 Å². The highest BCUT2D eigenvalue weighted by Crippen LogP contribution is 2.19. The van der Waals surface area contributed by atoms with E-state index in [0.717, 1.165) is 29.0 Å². The smallest absolute Gasteiger partial charge is 0.279 e. The SMILES string of the molecule is CCN(CC)c1ccc(C(=O)N=c2sc3cc(F)ccc3n2CC)cc1. The van der Waals surface area contributed by atoms with Crippen LogP contribution in [0.15, 0.2) is 47.5 Å². The van der Waals surface area contributed by atoms with Crippen molar-refractivity contribution in [2.75, 3.05) is 18.0 Å². The first-order valence-corrected chi connectivity index (χ1v) is 9.62. The Bertz CT molecular complexity index is 984. The molecule has 0 radical (unpaired) electrons. The fourth-order valence-corrected chi connectivity index (χ4v) is 4.11. The number of rotatable bonds is 5. The minimum absolute atomic E-state index is 0.285. The molecule has 26 heavy (non-hydrogen) atoms. The summed E-state index contributed by atoms with van der Waals surface area (Å²) in [5.41, 5.74) is 2.53. The van der Waals surface area contributed by atoms with Crippen molar-refractivity contribution in [3.8, 4) is 0 Å². The number of thiazole rings is 1. The number of fused-ring (bicyclic) bond motifs is 1. The second kappa shape index (κ2) is 7.83. The van der Waals surface area contributed by atoms with E-state index in [4.69, 9.17) is 0 Å². The molecule has 1 amide bonds. The number of hydrogen-bond acceptors (Lipinski definition) is 3. The molecule has 0 spiro atoms. The number of nitrogens with zero attached hydrogens (tertiary/aromatic N) is 3.